The van der Waals surface area contributed by atoms with Crippen LogP contribution in [0.1, 0.15) is 26.7 Å². The van der Waals surface area contributed by atoms with Gasteiger partial charge in [0.2, 0.25) is 10.0 Å². The molecule has 0 saturated carbocycles. The Kier molecular flexibility index (Phi) is 4.38. The van der Waals surface area contributed by atoms with Gasteiger partial charge in [-0.3, -0.25) is 0 Å². The molecule has 0 bridgehead atoms. The molecular formula is C12H18N4O2S2. The van der Waals surface area contributed by atoms with Crippen LogP contribution in [0.15, 0.2) is 23.1 Å². The summed E-state index contributed by atoms with van der Waals surface area (Å²) in [6.07, 6.45) is 1.41. The van der Waals surface area contributed by atoms with Crippen molar-refractivity contribution in [3.63, 3.8) is 0 Å². The number of sulfonamides is 1. The number of nitrogens with zero attached hydrogens (tertiary/aromatic N) is 2. The van der Waals surface area contributed by atoms with Crippen LogP contribution in [0.4, 0.5) is 0 Å². The van der Waals surface area contributed by atoms with E-state index >= 15 is 0 Å². The van der Waals surface area contributed by atoms with Gasteiger partial charge in [-0.15, -0.1) is 0 Å². The van der Waals surface area contributed by atoms with E-state index in [1.54, 1.807) is 12.1 Å². The summed E-state index contributed by atoms with van der Waals surface area (Å²) in [7, 11) is -3.64. The first-order valence-corrected chi connectivity index (χ1v) is 8.63. The first-order valence-electron chi connectivity index (χ1n) is 6.42. The Bertz CT molecular complexity index is 692. The Morgan fingerprint density at radius 2 is 2.00 bits per heavy atom. The number of benzene rings is 1. The molecule has 20 heavy (non-hydrogen) atoms. The van der Waals surface area contributed by atoms with Crippen LogP contribution in [-0.2, 0) is 10.0 Å². The zero-order valence-electron chi connectivity index (χ0n) is 11.5. The molecule has 8 heteroatoms. The van der Waals surface area contributed by atoms with Crippen LogP contribution >= 0.6 is 11.7 Å². The van der Waals surface area contributed by atoms with Crippen molar-refractivity contribution in [2.45, 2.75) is 37.1 Å². The summed E-state index contributed by atoms with van der Waals surface area (Å²) in [6, 6.07) is 4.93. The molecule has 110 valence electrons. The molecule has 0 aliphatic heterocycles. The number of nitrogens with one attached hydrogen (secondary N) is 1. The average Bonchev–Trinajstić information content (AvgIpc) is 2.93. The second-order valence-corrected chi connectivity index (χ2v) is 7.05. The number of hydrogen-bond donors (Lipinski definition) is 2. The first kappa shape index (κ1) is 15.3. The second-order valence-electron chi connectivity index (χ2n) is 4.78. The fourth-order valence-electron chi connectivity index (χ4n) is 1.81. The van der Waals surface area contributed by atoms with Gasteiger partial charge in [0.15, 0.2) is 0 Å². The van der Waals surface area contributed by atoms with E-state index in [2.05, 4.69) is 13.5 Å². The van der Waals surface area contributed by atoms with E-state index in [1.165, 1.54) is 6.07 Å². The van der Waals surface area contributed by atoms with E-state index in [4.69, 9.17) is 5.73 Å². The van der Waals surface area contributed by atoms with E-state index in [0.717, 1.165) is 11.7 Å². The summed E-state index contributed by atoms with van der Waals surface area (Å²) in [5, 5.41) is 0. The van der Waals surface area contributed by atoms with Crippen molar-refractivity contribution in [2.24, 2.45) is 5.73 Å². The Hall–Kier alpha value is -1.09. The SMILES string of the molecule is CCC(N)(CC)CNS(=O)(=O)c1cccc2nsnc12. The van der Waals surface area contributed by atoms with Crippen LogP contribution in [0.5, 0.6) is 0 Å². The normalized spacial score (nSPS) is 12.9. The molecule has 0 aliphatic rings. The summed E-state index contributed by atoms with van der Waals surface area (Å²) in [6.45, 7) is 4.10. The highest BCUT2D eigenvalue weighted by Gasteiger charge is 2.25. The Balaban J connectivity index is 2.29. The fraction of sp³-hybridized carbons (Fsp3) is 0.500. The van der Waals surface area contributed by atoms with Gasteiger partial charge in [0, 0.05) is 12.1 Å². The number of fused-ring (bicyclic) bond motifs is 1. The lowest BCUT2D eigenvalue weighted by atomic mass is 9.95. The van der Waals surface area contributed by atoms with Gasteiger partial charge >= 0.3 is 0 Å². The third-order valence-corrected chi connectivity index (χ3v) is 5.54. The Morgan fingerprint density at radius 3 is 2.65 bits per heavy atom. The van der Waals surface area contributed by atoms with E-state index in [0.29, 0.717) is 23.9 Å². The standard InChI is InChI=1S/C12H18N4O2S2/c1-3-12(13,4-2)8-14-20(17,18)10-7-5-6-9-11(10)16-19-15-9/h5-7,14H,3-4,8,13H2,1-2H3. The smallest absolute Gasteiger partial charge is 0.242 e. The summed E-state index contributed by atoms with van der Waals surface area (Å²) in [5.74, 6) is 0. The maximum Gasteiger partial charge on any atom is 0.242 e. The topological polar surface area (TPSA) is 98.0 Å². The van der Waals surface area contributed by atoms with Crippen LogP contribution in [0.25, 0.3) is 11.0 Å². The largest absolute Gasteiger partial charge is 0.324 e. The highest BCUT2D eigenvalue weighted by Crippen LogP contribution is 2.21. The van der Waals surface area contributed by atoms with Gasteiger partial charge in [-0.2, -0.15) is 8.75 Å². The molecule has 1 aromatic carbocycles. The molecule has 2 rings (SSSR count). The maximum absolute atomic E-state index is 12.4. The summed E-state index contributed by atoms with van der Waals surface area (Å²) in [5.41, 5.74) is 6.58. The first-order chi connectivity index (χ1) is 9.42. The molecule has 0 radical (unpaired) electrons. The van der Waals surface area contributed by atoms with Crippen molar-refractivity contribution in [3.8, 4) is 0 Å². The van der Waals surface area contributed by atoms with Gasteiger partial charge in [0.25, 0.3) is 0 Å². The average molecular weight is 314 g/mol. The number of aromatic nitrogens is 2. The molecule has 0 saturated heterocycles. The van der Waals surface area contributed by atoms with Crippen molar-refractivity contribution in [2.75, 3.05) is 6.54 Å². The predicted molar refractivity (Wildman–Crippen MR) is 80.1 cm³/mol. The summed E-state index contributed by atoms with van der Waals surface area (Å²) in [4.78, 5) is 0.151. The quantitative estimate of drug-likeness (QED) is 0.841. The molecule has 2 aromatic rings. The minimum absolute atomic E-state index is 0.151. The molecule has 0 unspecified atom stereocenters. The van der Waals surface area contributed by atoms with E-state index in [1.807, 2.05) is 13.8 Å². The van der Waals surface area contributed by atoms with Gasteiger partial charge in [-0.1, -0.05) is 19.9 Å². The van der Waals surface area contributed by atoms with Gasteiger partial charge in [-0.05, 0) is 25.0 Å². The minimum atomic E-state index is -3.64. The van der Waals surface area contributed by atoms with Crippen LogP contribution in [0.3, 0.4) is 0 Å². The summed E-state index contributed by atoms with van der Waals surface area (Å²) >= 11 is 0.999. The number of nitrogens with two attached hydrogens (primary N) is 1. The summed E-state index contributed by atoms with van der Waals surface area (Å²) < 4.78 is 35.5. The van der Waals surface area contributed by atoms with Crippen LogP contribution in [0, 0.1) is 0 Å². The third-order valence-electron chi connectivity index (χ3n) is 3.56. The predicted octanol–water partition coefficient (Wildman–Crippen LogP) is 1.49. The molecule has 0 spiro atoms. The van der Waals surface area contributed by atoms with E-state index in [-0.39, 0.29) is 11.4 Å². The van der Waals surface area contributed by atoms with Crippen LogP contribution < -0.4 is 10.5 Å². The molecule has 6 nitrogen and oxygen atoms in total. The highest BCUT2D eigenvalue weighted by molar-refractivity contribution is 7.89. The van der Waals surface area contributed by atoms with Gasteiger partial charge in [0.1, 0.15) is 15.9 Å². The molecule has 0 aliphatic carbocycles. The van der Waals surface area contributed by atoms with Gasteiger partial charge < -0.3 is 5.73 Å². The van der Waals surface area contributed by atoms with Crippen molar-refractivity contribution in [1.82, 2.24) is 13.5 Å². The minimum Gasteiger partial charge on any atom is -0.324 e. The van der Waals surface area contributed by atoms with E-state index < -0.39 is 15.6 Å². The monoisotopic (exact) mass is 314 g/mol. The molecule has 1 heterocycles. The molecule has 3 N–H and O–H groups in total. The number of rotatable bonds is 6. The highest BCUT2D eigenvalue weighted by atomic mass is 32.2. The van der Waals surface area contributed by atoms with Crippen LogP contribution in [-0.4, -0.2) is 29.2 Å². The molecule has 0 amide bonds. The Morgan fingerprint density at radius 1 is 1.30 bits per heavy atom. The Labute approximate surface area is 122 Å². The molecular weight excluding hydrogens is 296 g/mol. The van der Waals surface area contributed by atoms with Gasteiger partial charge in [0.05, 0.1) is 11.7 Å². The molecule has 1 aromatic heterocycles. The second kappa shape index (κ2) is 5.72. The van der Waals surface area contributed by atoms with Crippen molar-refractivity contribution in [1.29, 1.82) is 0 Å². The third kappa shape index (κ3) is 2.98. The van der Waals surface area contributed by atoms with Gasteiger partial charge in [-0.25, -0.2) is 13.1 Å². The zero-order valence-corrected chi connectivity index (χ0v) is 13.1. The molecule has 0 fully saturated rings. The van der Waals surface area contributed by atoms with Crippen molar-refractivity contribution >= 4 is 32.8 Å². The lowest BCUT2D eigenvalue weighted by Gasteiger charge is -2.26. The number of hydrogen-bond acceptors (Lipinski definition) is 6. The van der Waals surface area contributed by atoms with E-state index in [9.17, 15) is 8.42 Å². The van der Waals surface area contributed by atoms with Crippen LogP contribution in [0.2, 0.25) is 0 Å². The maximum atomic E-state index is 12.4. The van der Waals surface area contributed by atoms with Crippen molar-refractivity contribution in [3.05, 3.63) is 18.2 Å². The fourth-order valence-corrected chi connectivity index (χ4v) is 3.72. The lowest BCUT2D eigenvalue weighted by molar-refractivity contribution is 0.392. The molecule has 0 atom stereocenters. The lowest BCUT2D eigenvalue weighted by Crippen LogP contribution is -2.49. The van der Waals surface area contributed by atoms with Crippen molar-refractivity contribution < 1.29 is 8.42 Å². The zero-order chi connectivity index (χ0) is 14.8.